The number of rotatable bonds is 5. The second kappa shape index (κ2) is 8.94. The van der Waals surface area contributed by atoms with Crippen LogP contribution in [0.2, 0.25) is 0 Å². The molecule has 3 aromatic rings. The topological polar surface area (TPSA) is 52.2 Å². The Morgan fingerprint density at radius 1 is 1.28 bits per heavy atom. The van der Waals surface area contributed by atoms with Gasteiger partial charge in [-0.3, -0.25) is 9.89 Å². The van der Waals surface area contributed by atoms with E-state index in [2.05, 4.69) is 22.0 Å². The first-order valence-corrected chi connectivity index (χ1v) is 12.6. The van der Waals surface area contributed by atoms with Crippen molar-refractivity contribution in [2.24, 2.45) is 0 Å². The van der Waals surface area contributed by atoms with E-state index in [1.165, 1.54) is 27.5 Å². The number of carbonyl (C=O) groups is 1. The van der Waals surface area contributed by atoms with E-state index < -0.39 is 0 Å². The molecule has 170 valence electrons. The summed E-state index contributed by atoms with van der Waals surface area (Å²) in [7, 11) is 0. The molecule has 2 aliphatic heterocycles. The van der Waals surface area contributed by atoms with Gasteiger partial charge in [-0.15, -0.1) is 11.3 Å². The van der Waals surface area contributed by atoms with E-state index in [1.807, 2.05) is 22.3 Å². The van der Waals surface area contributed by atoms with Gasteiger partial charge in [0.25, 0.3) is 0 Å². The first-order valence-electron chi connectivity index (χ1n) is 11.8. The molecule has 4 heterocycles. The van der Waals surface area contributed by atoms with Crippen LogP contribution in [0.3, 0.4) is 0 Å². The number of nitrogens with one attached hydrogen (secondary N) is 1. The van der Waals surface area contributed by atoms with Crippen LogP contribution >= 0.6 is 11.3 Å². The normalized spacial score (nSPS) is 17.8. The van der Waals surface area contributed by atoms with Gasteiger partial charge in [0.05, 0.1) is 12.1 Å². The van der Waals surface area contributed by atoms with Crippen LogP contribution in [0.4, 0.5) is 4.39 Å². The minimum atomic E-state index is -0.235. The first-order chi connectivity index (χ1) is 15.5. The highest BCUT2D eigenvalue weighted by molar-refractivity contribution is 7.12. The summed E-state index contributed by atoms with van der Waals surface area (Å²) in [5.74, 6) is 0.405. The van der Waals surface area contributed by atoms with Crippen LogP contribution in [-0.2, 0) is 30.6 Å². The number of nitrogens with zero attached hydrogens (tertiary/aromatic N) is 3. The van der Waals surface area contributed by atoms with Gasteiger partial charge in [0.15, 0.2) is 0 Å². The zero-order valence-electron chi connectivity index (χ0n) is 18.9. The molecular weight excluding hydrogens is 423 g/mol. The second-order valence-corrected chi connectivity index (χ2v) is 10.3. The highest BCUT2D eigenvalue weighted by Crippen LogP contribution is 2.35. The lowest BCUT2D eigenvalue weighted by Crippen LogP contribution is -2.34. The summed E-state index contributed by atoms with van der Waals surface area (Å²) < 4.78 is 13.5. The van der Waals surface area contributed by atoms with E-state index in [4.69, 9.17) is 0 Å². The first kappa shape index (κ1) is 21.6. The number of carbonyl (C=O) groups excluding carboxylic acids is 1. The average Bonchev–Trinajstić information content (AvgIpc) is 3.37. The monoisotopic (exact) mass is 454 g/mol. The Balaban J connectivity index is 1.20. The predicted molar refractivity (Wildman–Crippen MR) is 127 cm³/mol. The van der Waals surface area contributed by atoms with Crippen molar-refractivity contribution >= 4 is 28.1 Å². The molecule has 0 unspecified atom stereocenters. The Morgan fingerprint density at radius 3 is 2.84 bits per heavy atom. The molecule has 7 heteroatoms. The number of benzene rings is 1. The van der Waals surface area contributed by atoms with Crippen LogP contribution in [0.1, 0.15) is 59.2 Å². The fourth-order valence-electron chi connectivity index (χ4n) is 5.43. The summed E-state index contributed by atoms with van der Waals surface area (Å²) in [6.45, 7) is 8.83. The maximum Gasteiger partial charge on any atom is 0.219 e. The molecule has 2 aromatic heterocycles. The van der Waals surface area contributed by atoms with E-state index >= 15 is 0 Å². The van der Waals surface area contributed by atoms with Gasteiger partial charge in [-0.25, -0.2) is 4.39 Å². The van der Waals surface area contributed by atoms with Gasteiger partial charge in [-0.1, -0.05) is 6.92 Å². The molecule has 2 aliphatic rings. The molecule has 1 N–H and O–H groups in total. The molecule has 1 fully saturated rings. The lowest BCUT2D eigenvalue weighted by molar-refractivity contribution is -0.129. The molecule has 0 aliphatic carbocycles. The highest BCUT2D eigenvalue weighted by Gasteiger charge is 2.26. The fraction of sp³-hybridized carbons (Fsp3) is 0.520. The van der Waals surface area contributed by atoms with E-state index in [9.17, 15) is 9.18 Å². The standard InChI is InChI=1S/C25H31FN4OS/c1-3-19-20-8-13-30(16(2)31)15-24(20)32-23(19)9-12-29-10-6-17(7-11-29)25-21-5-4-18(26)14-22(21)27-28-25/h4-5,14,17H,3,6-13,15H2,1-2H3,(H,27,28). The molecule has 5 rings (SSSR count). The number of H-pyrrole nitrogens is 1. The summed E-state index contributed by atoms with van der Waals surface area (Å²) in [5.41, 5.74) is 4.94. The lowest BCUT2D eigenvalue weighted by atomic mass is 9.91. The molecule has 0 saturated carbocycles. The van der Waals surface area contributed by atoms with Crippen molar-refractivity contribution in [3.8, 4) is 0 Å². The summed E-state index contributed by atoms with van der Waals surface area (Å²) in [6, 6.07) is 4.89. The Labute approximate surface area is 192 Å². The van der Waals surface area contributed by atoms with Crippen LogP contribution in [0.25, 0.3) is 10.9 Å². The van der Waals surface area contributed by atoms with Crippen LogP contribution in [0.5, 0.6) is 0 Å². The maximum atomic E-state index is 13.5. The molecule has 0 atom stereocenters. The quantitative estimate of drug-likeness (QED) is 0.610. The molecule has 32 heavy (non-hydrogen) atoms. The van der Waals surface area contributed by atoms with Crippen molar-refractivity contribution in [3.05, 3.63) is 50.6 Å². The highest BCUT2D eigenvalue weighted by atomic mass is 32.1. The van der Waals surface area contributed by atoms with Gasteiger partial charge in [-0.05, 0) is 68.5 Å². The molecule has 1 amide bonds. The summed E-state index contributed by atoms with van der Waals surface area (Å²) in [6.07, 6.45) is 5.38. The number of thiophene rings is 1. The van der Waals surface area contributed by atoms with Gasteiger partial charge in [-0.2, -0.15) is 5.10 Å². The third-order valence-electron chi connectivity index (χ3n) is 7.25. The Morgan fingerprint density at radius 2 is 2.09 bits per heavy atom. The van der Waals surface area contributed by atoms with Crippen LogP contribution in [0.15, 0.2) is 18.2 Å². The largest absolute Gasteiger partial charge is 0.337 e. The van der Waals surface area contributed by atoms with Crippen molar-refractivity contribution in [2.45, 2.75) is 58.4 Å². The summed E-state index contributed by atoms with van der Waals surface area (Å²) in [4.78, 5) is 19.3. The van der Waals surface area contributed by atoms with E-state index in [0.29, 0.717) is 5.92 Å². The number of likely N-dealkylation sites (tertiary alicyclic amines) is 1. The van der Waals surface area contributed by atoms with Crippen molar-refractivity contribution in [2.75, 3.05) is 26.2 Å². The molecule has 0 radical (unpaired) electrons. The number of aromatic nitrogens is 2. The van der Waals surface area contributed by atoms with Gasteiger partial charge in [0.2, 0.25) is 5.91 Å². The van der Waals surface area contributed by atoms with Crippen molar-refractivity contribution in [3.63, 3.8) is 0 Å². The van der Waals surface area contributed by atoms with E-state index in [-0.39, 0.29) is 11.7 Å². The SMILES string of the molecule is CCc1c(CCN2CCC(c3[nH]nc4cc(F)ccc34)CC2)sc2c1CCN(C(C)=O)C2. The Hall–Kier alpha value is -2.25. The Bertz CT molecular complexity index is 1130. The van der Waals surface area contributed by atoms with Crippen molar-refractivity contribution < 1.29 is 9.18 Å². The minimum Gasteiger partial charge on any atom is -0.337 e. The van der Waals surface area contributed by atoms with E-state index in [0.717, 1.165) is 81.4 Å². The number of hydrogen-bond donors (Lipinski definition) is 1. The molecule has 5 nitrogen and oxygen atoms in total. The minimum absolute atomic E-state index is 0.182. The van der Waals surface area contributed by atoms with E-state index in [1.54, 1.807) is 12.5 Å². The summed E-state index contributed by atoms with van der Waals surface area (Å²) >= 11 is 1.93. The predicted octanol–water partition coefficient (Wildman–Crippen LogP) is 4.65. The van der Waals surface area contributed by atoms with Crippen molar-refractivity contribution in [1.29, 1.82) is 0 Å². The number of amides is 1. The number of fused-ring (bicyclic) bond motifs is 2. The van der Waals surface area contributed by atoms with Gasteiger partial charge < -0.3 is 9.80 Å². The maximum absolute atomic E-state index is 13.5. The lowest BCUT2D eigenvalue weighted by Gasteiger charge is -2.31. The number of halogens is 1. The molecule has 0 bridgehead atoms. The number of hydrogen-bond acceptors (Lipinski definition) is 4. The van der Waals surface area contributed by atoms with Gasteiger partial charge in [0.1, 0.15) is 5.82 Å². The third kappa shape index (κ3) is 4.08. The zero-order valence-corrected chi connectivity index (χ0v) is 19.7. The zero-order chi connectivity index (χ0) is 22.2. The molecule has 1 saturated heterocycles. The second-order valence-electron chi connectivity index (χ2n) is 9.11. The van der Waals surface area contributed by atoms with Gasteiger partial charge >= 0.3 is 0 Å². The molecule has 1 aromatic carbocycles. The smallest absolute Gasteiger partial charge is 0.219 e. The van der Waals surface area contributed by atoms with Crippen LogP contribution < -0.4 is 0 Å². The van der Waals surface area contributed by atoms with Crippen LogP contribution in [0, 0.1) is 5.82 Å². The number of piperidine rings is 1. The molecular formula is C25H31FN4OS. The average molecular weight is 455 g/mol. The number of aromatic amines is 1. The van der Waals surface area contributed by atoms with Crippen LogP contribution in [-0.4, -0.2) is 52.1 Å². The van der Waals surface area contributed by atoms with Crippen molar-refractivity contribution in [1.82, 2.24) is 20.0 Å². The summed E-state index contributed by atoms with van der Waals surface area (Å²) in [5, 5.41) is 8.55. The van der Waals surface area contributed by atoms with Gasteiger partial charge in [0, 0.05) is 52.8 Å². The molecule has 0 spiro atoms. The fourth-order valence-corrected chi connectivity index (χ4v) is 6.88. The Kier molecular flexibility index (Phi) is 6.03. The third-order valence-corrected chi connectivity index (χ3v) is 8.57.